The molecule has 0 saturated heterocycles. The van der Waals surface area contributed by atoms with Crippen molar-refractivity contribution < 1.29 is 8.42 Å². The minimum atomic E-state index is -3.70. The van der Waals surface area contributed by atoms with E-state index < -0.39 is 9.84 Å². The van der Waals surface area contributed by atoms with Gasteiger partial charge < -0.3 is 11.1 Å². The molecule has 0 aliphatic heterocycles. The second kappa shape index (κ2) is 6.14. The van der Waals surface area contributed by atoms with Gasteiger partial charge in [-0.15, -0.1) is 5.10 Å². The summed E-state index contributed by atoms with van der Waals surface area (Å²) in [5.74, 6) is 0.513. The van der Waals surface area contributed by atoms with Crippen LogP contribution in [0.3, 0.4) is 0 Å². The summed E-state index contributed by atoms with van der Waals surface area (Å²) in [5.41, 5.74) is 6.31. The Morgan fingerprint density at radius 2 is 1.88 bits per heavy atom. The minimum Gasteiger partial charge on any atom is -0.368 e. The number of rotatable bonds is 4. The van der Waals surface area contributed by atoms with Crippen LogP contribution in [0.2, 0.25) is 5.02 Å². The largest absolute Gasteiger partial charge is 0.368 e. The molecule has 7 nitrogen and oxygen atoms in total. The maximum atomic E-state index is 12.7. The van der Waals surface area contributed by atoms with Gasteiger partial charge in [0.15, 0.2) is 0 Å². The first kappa shape index (κ1) is 16.3. The van der Waals surface area contributed by atoms with E-state index in [1.807, 2.05) is 0 Å². The summed E-state index contributed by atoms with van der Waals surface area (Å²) < 4.78 is 26.7. The molecule has 1 aromatic heterocycles. The number of nitrogens with two attached hydrogens (primary N) is 1. The molecule has 0 aliphatic carbocycles. The molecule has 0 aliphatic rings. The fourth-order valence-electron chi connectivity index (χ4n) is 2.19. The first-order valence-corrected chi connectivity index (χ1v) is 8.80. The van der Waals surface area contributed by atoms with Crippen LogP contribution in [0.15, 0.2) is 58.3 Å². The average Bonchev–Trinajstić information content (AvgIpc) is 2.96. The van der Waals surface area contributed by atoms with Gasteiger partial charge in [-0.25, -0.2) is 8.42 Å². The van der Waals surface area contributed by atoms with E-state index in [1.54, 1.807) is 31.3 Å². The molecule has 0 bridgehead atoms. The highest BCUT2D eigenvalue weighted by atomic mass is 35.5. The Bertz CT molecular complexity index is 986. The molecular weight excluding hydrogens is 350 g/mol. The van der Waals surface area contributed by atoms with Gasteiger partial charge in [-0.2, -0.15) is 9.67 Å². The number of nitrogens with one attached hydrogen (secondary N) is 1. The van der Waals surface area contributed by atoms with Crippen molar-refractivity contribution in [1.29, 1.82) is 0 Å². The molecule has 9 heteroatoms. The Morgan fingerprint density at radius 3 is 2.46 bits per heavy atom. The molecule has 0 amide bonds. The summed E-state index contributed by atoms with van der Waals surface area (Å²) in [6.07, 6.45) is 0. The Hall–Kier alpha value is -2.58. The number of nitrogen functional groups attached to an aromatic ring is 1. The van der Waals surface area contributed by atoms with E-state index in [-0.39, 0.29) is 20.8 Å². The molecule has 3 N–H and O–H groups in total. The molecule has 0 radical (unpaired) electrons. The van der Waals surface area contributed by atoms with Crippen molar-refractivity contribution in [2.75, 3.05) is 18.1 Å². The lowest BCUT2D eigenvalue weighted by atomic mass is 10.3. The zero-order chi connectivity index (χ0) is 17.3. The van der Waals surface area contributed by atoms with Gasteiger partial charge in [0.1, 0.15) is 0 Å². The third-order valence-electron chi connectivity index (χ3n) is 3.36. The van der Waals surface area contributed by atoms with E-state index in [2.05, 4.69) is 15.4 Å². The smallest absolute Gasteiger partial charge is 0.244 e. The van der Waals surface area contributed by atoms with Gasteiger partial charge in [0.2, 0.25) is 21.7 Å². The number of hydrogen-bond acceptors (Lipinski definition) is 6. The molecule has 0 fully saturated rings. The van der Waals surface area contributed by atoms with Crippen LogP contribution in [-0.2, 0) is 9.84 Å². The topological polar surface area (TPSA) is 103 Å². The van der Waals surface area contributed by atoms with Gasteiger partial charge in [-0.05, 0) is 30.3 Å². The molecule has 0 unspecified atom stereocenters. The summed E-state index contributed by atoms with van der Waals surface area (Å²) in [7, 11) is -2.03. The second-order valence-electron chi connectivity index (χ2n) is 4.89. The fourth-order valence-corrected chi connectivity index (χ4v) is 4.00. The normalized spacial score (nSPS) is 11.4. The summed E-state index contributed by atoms with van der Waals surface area (Å²) in [5, 5.41) is 7.01. The van der Waals surface area contributed by atoms with Crippen molar-refractivity contribution in [2.45, 2.75) is 9.79 Å². The lowest BCUT2D eigenvalue weighted by Crippen LogP contribution is -2.06. The molecule has 0 spiro atoms. The monoisotopic (exact) mass is 363 g/mol. The van der Waals surface area contributed by atoms with E-state index in [0.29, 0.717) is 11.6 Å². The molecular formula is C15H14ClN5O2S. The highest BCUT2D eigenvalue weighted by molar-refractivity contribution is 7.91. The first-order chi connectivity index (χ1) is 11.4. The summed E-state index contributed by atoms with van der Waals surface area (Å²) in [6, 6.07) is 12.6. The maximum Gasteiger partial charge on any atom is 0.244 e. The van der Waals surface area contributed by atoms with E-state index in [1.165, 1.54) is 28.9 Å². The van der Waals surface area contributed by atoms with Crippen molar-refractivity contribution >= 4 is 33.3 Å². The number of halogens is 1. The zero-order valence-electron chi connectivity index (χ0n) is 12.6. The van der Waals surface area contributed by atoms with Crippen LogP contribution in [-0.4, -0.2) is 30.2 Å². The Morgan fingerprint density at radius 1 is 1.17 bits per heavy atom. The maximum absolute atomic E-state index is 12.7. The molecule has 0 atom stereocenters. The quantitative estimate of drug-likeness (QED) is 0.737. The van der Waals surface area contributed by atoms with E-state index >= 15 is 0 Å². The number of hydrogen-bond donors (Lipinski definition) is 2. The fraction of sp³-hybridized carbons (Fsp3) is 0.0667. The standard InChI is InChI=1S/C15H14ClN5O2S/c1-18-15-19-14(17)21(20-15)10-7-8-13(12(16)9-10)24(22,23)11-5-3-2-4-6-11/h2-9H,1H3,(H3,17,18,19,20). The summed E-state index contributed by atoms with van der Waals surface area (Å²) in [4.78, 5) is 4.21. The highest BCUT2D eigenvalue weighted by Crippen LogP contribution is 2.29. The van der Waals surface area contributed by atoms with Crippen molar-refractivity contribution in [1.82, 2.24) is 14.8 Å². The van der Waals surface area contributed by atoms with Gasteiger partial charge in [0.25, 0.3) is 0 Å². The van der Waals surface area contributed by atoms with Crippen LogP contribution >= 0.6 is 11.6 Å². The van der Waals surface area contributed by atoms with E-state index in [9.17, 15) is 8.42 Å². The molecule has 3 rings (SSSR count). The van der Waals surface area contributed by atoms with Crippen LogP contribution in [0.4, 0.5) is 11.9 Å². The number of sulfone groups is 1. The van der Waals surface area contributed by atoms with Crippen molar-refractivity contribution in [3.63, 3.8) is 0 Å². The van der Waals surface area contributed by atoms with Crippen LogP contribution in [0.1, 0.15) is 0 Å². The first-order valence-electron chi connectivity index (χ1n) is 6.94. The van der Waals surface area contributed by atoms with Gasteiger partial charge in [0.05, 0.1) is 20.5 Å². The zero-order valence-corrected chi connectivity index (χ0v) is 14.2. The average molecular weight is 364 g/mol. The molecule has 1 heterocycles. The second-order valence-corrected chi connectivity index (χ2v) is 7.21. The molecule has 24 heavy (non-hydrogen) atoms. The summed E-state index contributed by atoms with van der Waals surface area (Å²) in [6.45, 7) is 0. The van der Waals surface area contributed by atoms with Gasteiger partial charge in [-0.1, -0.05) is 29.8 Å². The van der Waals surface area contributed by atoms with Gasteiger partial charge in [0, 0.05) is 7.05 Å². The van der Waals surface area contributed by atoms with Crippen molar-refractivity contribution in [3.8, 4) is 5.69 Å². The van der Waals surface area contributed by atoms with Gasteiger partial charge in [-0.3, -0.25) is 0 Å². The van der Waals surface area contributed by atoms with Gasteiger partial charge >= 0.3 is 0 Å². The number of benzene rings is 2. The lowest BCUT2D eigenvalue weighted by molar-refractivity contribution is 0.596. The SMILES string of the molecule is CNc1nc(N)n(-c2ccc(S(=O)(=O)c3ccccc3)c(Cl)c2)n1. The number of nitrogens with zero attached hydrogens (tertiary/aromatic N) is 3. The van der Waals surface area contributed by atoms with Crippen molar-refractivity contribution in [2.24, 2.45) is 0 Å². The lowest BCUT2D eigenvalue weighted by Gasteiger charge is -2.09. The van der Waals surface area contributed by atoms with E-state index in [4.69, 9.17) is 17.3 Å². The molecule has 3 aromatic rings. The molecule has 0 saturated carbocycles. The predicted octanol–water partition coefficient (Wildman–Crippen LogP) is 2.38. The van der Waals surface area contributed by atoms with Crippen molar-refractivity contribution in [3.05, 3.63) is 53.6 Å². The Labute approximate surface area is 144 Å². The van der Waals surface area contributed by atoms with Crippen LogP contribution in [0.5, 0.6) is 0 Å². The third-order valence-corrected chi connectivity index (χ3v) is 5.61. The van der Waals surface area contributed by atoms with Crippen LogP contribution in [0, 0.1) is 0 Å². The Kier molecular flexibility index (Phi) is 4.16. The highest BCUT2D eigenvalue weighted by Gasteiger charge is 2.21. The predicted molar refractivity (Wildman–Crippen MR) is 92.2 cm³/mol. The molecule has 2 aromatic carbocycles. The Balaban J connectivity index is 2.06. The van der Waals surface area contributed by atoms with E-state index in [0.717, 1.165) is 0 Å². The number of aromatic nitrogens is 3. The third kappa shape index (κ3) is 2.81. The minimum absolute atomic E-state index is 0.0200. The van der Waals surface area contributed by atoms with Crippen LogP contribution in [0.25, 0.3) is 5.69 Å². The summed E-state index contributed by atoms with van der Waals surface area (Å²) >= 11 is 6.21. The van der Waals surface area contributed by atoms with Crippen LogP contribution < -0.4 is 11.1 Å². The molecule has 124 valence electrons. The number of anilines is 2.